The van der Waals surface area contributed by atoms with Crippen LogP contribution in [-0.4, -0.2) is 34.9 Å². The Kier molecular flexibility index (Phi) is 10.2. The van der Waals surface area contributed by atoms with Crippen LogP contribution in [0.15, 0.2) is 23.3 Å². The fourth-order valence-corrected chi connectivity index (χ4v) is 14.2. The number of fused-ring (bicyclic) bond motifs is 10. The van der Waals surface area contributed by atoms with Gasteiger partial charge in [-0.3, -0.25) is 14.4 Å². The predicted octanol–water partition coefficient (Wildman–Crippen LogP) is 10.3. The van der Waals surface area contributed by atoms with Crippen LogP contribution in [0.5, 0.6) is 0 Å². The number of esters is 1. The van der Waals surface area contributed by atoms with Crippen molar-refractivity contribution < 1.29 is 24.2 Å². The van der Waals surface area contributed by atoms with Gasteiger partial charge in [-0.1, -0.05) is 65.0 Å². The molecule has 5 nitrogen and oxygen atoms in total. The lowest BCUT2D eigenvalue weighted by atomic mass is 9.47. The zero-order valence-electron chi connectivity index (χ0n) is 32.2. The maximum absolute atomic E-state index is 12.5. The lowest BCUT2D eigenvalue weighted by Gasteiger charge is -2.57. The Bertz CT molecular complexity index is 1390. The van der Waals surface area contributed by atoms with E-state index >= 15 is 0 Å². The fourth-order valence-electron chi connectivity index (χ4n) is 14.2. The zero-order chi connectivity index (χ0) is 35.5. The van der Waals surface area contributed by atoms with Gasteiger partial charge in [-0.2, -0.15) is 0 Å². The van der Waals surface area contributed by atoms with Crippen LogP contribution in [0.4, 0.5) is 0 Å². The summed E-state index contributed by atoms with van der Waals surface area (Å²) >= 11 is 0. The van der Waals surface area contributed by atoms with Gasteiger partial charge >= 0.3 is 5.97 Å². The third kappa shape index (κ3) is 6.13. The summed E-state index contributed by atoms with van der Waals surface area (Å²) in [6.45, 7) is 11.8. The summed E-state index contributed by atoms with van der Waals surface area (Å²) in [7, 11) is 0. The Balaban J connectivity index is 0.000000165. The predicted molar refractivity (Wildman–Crippen MR) is 198 cm³/mol. The maximum Gasteiger partial charge on any atom is 0.306 e. The van der Waals surface area contributed by atoms with Crippen LogP contribution in [0.2, 0.25) is 0 Å². The highest BCUT2D eigenvalue weighted by molar-refractivity contribution is 5.92. The van der Waals surface area contributed by atoms with E-state index in [1.807, 2.05) is 12.2 Å². The Morgan fingerprint density at radius 1 is 0.660 bits per heavy atom. The maximum atomic E-state index is 12.5. The molecule has 0 heterocycles. The molecule has 50 heavy (non-hydrogen) atoms. The van der Waals surface area contributed by atoms with Crippen molar-refractivity contribution in [2.45, 2.75) is 182 Å². The molecule has 0 aromatic rings. The number of carbonyl (C=O) groups excluding carboxylic acids is 3. The first kappa shape index (κ1) is 36.6. The average molecular weight is 689 g/mol. The van der Waals surface area contributed by atoms with Crippen molar-refractivity contribution in [2.75, 3.05) is 0 Å². The van der Waals surface area contributed by atoms with Crippen molar-refractivity contribution in [1.29, 1.82) is 0 Å². The monoisotopic (exact) mass is 689 g/mol. The molecule has 8 aliphatic rings. The summed E-state index contributed by atoms with van der Waals surface area (Å²) in [6, 6.07) is 0. The van der Waals surface area contributed by atoms with Gasteiger partial charge in [0.2, 0.25) is 0 Å². The number of carbonyl (C=O) groups is 3. The van der Waals surface area contributed by atoms with Crippen LogP contribution < -0.4 is 0 Å². The molecule has 0 aliphatic heterocycles. The van der Waals surface area contributed by atoms with Gasteiger partial charge in [0.25, 0.3) is 0 Å². The molecule has 278 valence electrons. The number of allylic oxidation sites excluding steroid dienone is 2. The third-order valence-electron chi connectivity index (χ3n) is 17.3. The smallest absolute Gasteiger partial charge is 0.306 e. The van der Waals surface area contributed by atoms with Crippen LogP contribution in [0, 0.1) is 57.2 Å². The Labute approximate surface area is 303 Å². The minimum atomic E-state index is -0.0823. The molecule has 0 spiro atoms. The second kappa shape index (κ2) is 13.9. The van der Waals surface area contributed by atoms with Crippen LogP contribution in [0.3, 0.4) is 0 Å². The first-order chi connectivity index (χ1) is 23.8. The van der Waals surface area contributed by atoms with E-state index in [0.717, 1.165) is 82.0 Å². The number of hydrogen-bond donors (Lipinski definition) is 1. The third-order valence-corrected chi connectivity index (χ3v) is 17.3. The van der Waals surface area contributed by atoms with E-state index < -0.39 is 0 Å². The lowest BCUT2D eigenvalue weighted by molar-refractivity contribution is -0.160. The standard InChI is InChI=1S/C26H40O3.C19H28O2/c1-4-5-6-7-8-24(28)29-23-12-11-21-20-10-9-18-17-19(27)13-15-25(18,2)22(20)14-16-26(21,23)3;1-18-9-7-13(20)11-12(18)3-4-14-15-5-6-17(21)19(15,2)10-8-16(14)18/h17,20-23H,4-16H2,1-3H3;11,14-17,21H,3-10H2,1-2H3/t20-,21-,22-,23-,25-,26-;14-,15-,16-,17-,18-,19-/m00/s1. The van der Waals surface area contributed by atoms with E-state index in [0.29, 0.717) is 35.7 Å². The van der Waals surface area contributed by atoms with Gasteiger partial charge in [0.05, 0.1) is 6.10 Å². The Morgan fingerprint density at radius 3 is 1.78 bits per heavy atom. The van der Waals surface area contributed by atoms with E-state index in [9.17, 15) is 19.5 Å². The molecule has 8 rings (SSSR count). The van der Waals surface area contributed by atoms with E-state index in [1.165, 1.54) is 75.4 Å². The second-order valence-electron chi connectivity index (χ2n) is 19.5. The molecular formula is C45H68O5. The van der Waals surface area contributed by atoms with E-state index in [1.54, 1.807) is 0 Å². The number of ether oxygens (including phenoxy) is 1. The Morgan fingerprint density at radius 2 is 1.20 bits per heavy atom. The summed E-state index contributed by atoms with van der Waals surface area (Å²) in [4.78, 5) is 36.2. The minimum Gasteiger partial charge on any atom is -0.462 e. The molecule has 0 unspecified atom stereocenters. The van der Waals surface area contributed by atoms with Crippen LogP contribution >= 0.6 is 0 Å². The van der Waals surface area contributed by atoms with Crippen molar-refractivity contribution in [3.05, 3.63) is 23.3 Å². The highest BCUT2D eigenvalue weighted by atomic mass is 16.5. The van der Waals surface area contributed by atoms with Crippen molar-refractivity contribution >= 4 is 17.5 Å². The highest BCUT2D eigenvalue weighted by Gasteiger charge is 2.61. The molecule has 0 bridgehead atoms. The number of ketones is 2. The minimum absolute atomic E-state index is 0.0294. The largest absolute Gasteiger partial charge is 0.462 e. The molecule has 0 amide bonds. The second-order valence-corrected chi connectivity index (χ2v) is 19.5. The topological polar surface area (TPSA) is 80.7 Å². The molecule has 8 aliphatic carbocycles. The highest BCUT2D eigenvalue weighted by Crippen LogP contribution is 2.67. The molecule has 0 aromatic heterocycles. The molecule has 6 saturated carbocycles. The van der Waals surface area contributed by atoms with Gasteiger partial charge in [-0.15, -0.1) is 0 Å². The molecule has 12 atom stereocenters. The molecular weight excluding hydrogens is 620 g/mol. The number of aliphatic hydroxyl groups excluding tert-OH is 1. The van der Waals surface area contributed by atoms with Crippen LogP contribution in [0.1, 0.15) is 169 Å². The fraction of sp³-hybridized carbons (Fsp3) is 0.844. The molecule has 6 fully saturated rings. The normalized spacial score (nSPS) is 46.0. The van der Waals surface area contributed by atoms with Crippen LogP contribution in [0.25, 0.3) is 0 Å². The molecule has 0 saturated heterocycles. The first-order valence-electron chi connectivity index (χ1n) is 21.2. The summed E-state index contributed by atoms with van der Waals surface area (Å²) in [5.41, 5.74) is 3.71. The molecule has 0 aromatic carbocycles. The quantitative estimate of drug-likeness (QED) is 0.222. The first-order valence-corrected chi connectivity index (χ1v) is 21.2. The SMILES string of the molecule is CCCCCCC(=O)O[C@H]1CC[C@H]2[C@@H]3CCC4=CC(=O)CC[C@]4(C)[C@H]3CC[C@]12C.C[C@]12CC[C@H]3[C@@H](CCC4=CC(=O)CC[C@@]43C)[C@@H]1CC[C@@H]2O. The number of aliphatic hydroxyl groups is 1. The number of unbranched alkanes of at least 4 members (excludes halogenated alkanes) is 3. The van der Waals surface area contributed by atoms with Gasteiger partial charge in [0.1, 0.15) is 6.10 Å². The van der Waals surface area contributed by atoms with Gasteiger partial charge in [-0.05, 0) is 160 Å². The van der Waals surface area contributed by atoms with Gasteiger partial charge in [0, 0.05) is 24.7 Å². The summed E-state index contributed by atoms with van der Waals surface area (Å²) in [5, 5.41) is 10.4. The number of hydrogen-bond acceptors (Lipinski definition) is 5. The molecule has 0 radical (unpaired) electrons. The summed E-state index contributed by atoms with van der Waals surface area (Å²) in [6.07, 6.45) is 26.6. The van der Waals surface area contributed by atoms with Gasteiger partial charge in [-0.25, -0.2) is 0 Å². The van der Waals surface area contributed by atoms with Crippen molar-refractivity contribution in [1.82, 2.24) is 0 Å². The van der Waals surface area contributed by atoms with E-state index in [2.05, 4.69) is 34.6 Å². The molecule has 5 heteroatoms. The summed E-state index contributed by atoms with van der Waals surface area (Å²) in [5.74, 6) is 5.06. The van der Waals surface area contributed by atoms with Gasteiger partial charge < -0.3 is 9.84 Å². The van der Waals surface area contributed by atoms with Crippen molar-refractivity contribution in [2.24, 2.45) is 57.2 Å². The van der Waals surface area contributed by atoms with Crippen molar-refractivity contribution in [3.63, 3.8) is 0 Å². The van der Waals surface area contributed by atoms with E-state index in [-0.39, 0.29) is 39.8 Å². The average Bonchev–Trinajstić information content (AvgIpc) is 3.59. The van der Waals surface area contributed by atoms with Crippen LogP contribution in [-0.2, 0) is 19.1 Å². The summed E-state index contributed by atoms with van der Waals surface area (Å²) < 4.78 is 6.09. The van der Waals surface area contributed by atoms with Gasteiger partial charge in [0.15, 0.2) is 11.6 Å². The van der Waals surface area contributed by atoms with E-state index in [4.69, 9.17) is 4.74 Å². The zero-order valence-corrected chi connectivity index (χ0v) is 32.2. The van der Waals surface area contributed by atoms with Crippen molar-refractivity contribution in [3.8, 4) is 0 Å². The molecule has 1 N–H and O–H groups in total. The lowest BCUT2D eigenvalue weighted by Crippen LogP contribution is -2.51. The number of rotatable bonds is 6. The Hall–Kier alpha value is -1.75.